The van der Waals surface area contributed by atoms with Crippen LogP contribution in [0.15, 0.2) is 12.5 Å². The van der Waals surface area contributed by atoms with Crippen molar-refractivity contribution in [2.45, 2.75) is 19.8 Å². The van der Waals surface area contributed by atoms with Gasteiger partial charge in [-0.3, -0.25) is 4.79 Å². The van der Waals surface area contributed by atoms with E-state index < -0.39 is 0 Å². The van der Waals surface area contributed by atoms with E-state index in [1.54, 1.807) is 12.5 Å². The average molecular weight is 178 g/mol. The van der Waals surface area contributed by atoms with E-state index in [1.807, 2.05) is 18.5 Å². The molecule has 0 N–H and O–H groups in total. The van der Waals surface area contributed by atoms with Gasteiger partial charge in [-0.1, -0.05) is 6.92 Å². The molecule has 1 aliphatic rings. The maximum Gasteiger partial charge on any atom is 0.185 e. The molecule has 1 atom stereocenters. The number of ketones is 1. The van der Waals surface area contributed by atoms with Gasteiger partial charge in [0.15, 0.2) is 5.78 Å². The molecule has 0 aliphatic heterocycles. The number of imidazole rings is 1. The molecule has 1 aliphatic carbocycles. The predicted molar refractivity (Wildman–Crippen MR) is 49.4 cm³/mol. The number of carbonyl (C=O) groups is 1. The van der Waals surface area contributed by atoms with Crippen LogP contribution < -0.4 is 0 Å². The summed E-state index contributed by atoms with van der Waals surface area (Å²) in [6.07, 6.45) is 5.88. The number of nitrogens with zero attached hydrogens (tertiary/aromatic N) is 2. The second-order valence-corrected chi connectivity index (χ2v) is 3.91. The molecule has 0 bridgehead atoms. The molecule has 0 amide bonds. The SMILES string of the molecule is CC(C(=O)c1cn(C)cn1)C1CC1. The lowest BCUT2D eigenvalue weighted by Crippen LogP contribution is -2.13. The van der Waals surface area contributed by atoms with Gasteiger partial charge in [-0.05, 0) is 18.8 Å². The quantitative estimate of drug-likeness (QED) is 0.659. The molecule has 3 nitrogen and oxygen atoms in total. The van der Waals surface area contributed by atoms with E-state index in [0.717, 1.165) is 0 Å². The second kappa shape index (κ2) is 2.98. The van der Waals surface area contributed by atoms with Gasteiger partial charge in [-0.15, -0.1) is 0 Å². The van der Waals surface area contributed by atoms with Crippen LogP contribution in [0.4, 0.5) is 0 Å². The fourth-order valence-electron chi connectivity index (χ4n) is 1.58. The molecule has 1 fully saturated rings. The molecule has 1 aromatic heterocycles. The average Bonchev–Trinajstić information content (AvgIpc) is 2.87. The summed E-state index contributed by atoms with van der Waals surface area (Å²) in [4.78, 5) is 15.8. The highest BCUT2D eigenvalue weighted by molar-refractivity contribution is 5.96. The molecule has 70 valence electrons. The molecule has 1 saturated carbocycles. The second-order valence-electron chi connectivity index (χ2n) is 3.91. The Morgan fingerprint density at radius 3 is 2.85 bits per heavy atom. The van der Waals surface area contributed by atoms with Crippen LogP contribution in [0.1, 0.15) is 30.3 Å². The minimum absolute atomic E-state index is 0.162. The summed E-state index contributed by atoms with van der Waals surface area (Å²) in [7, 11) is 1.88. The van der Waals surface area contributed by atoms with Crippen LogP contribution in [-0.4, -0.2) is 15.3 Å². The third kappa shape index (κ3) is 1.64. The summed E-state index contributed by atoms with van der Waals surface area (Å²) in [5, 5.41) is 0. The Hall–Kier alpha value is -1.12. The Morgan fingerprint density at radius 2 is 2.38 bits per heavy atom. The van der Waals surface area contributed by atoms with Gasteiger partial charge in [-0.25, -0.2) is 4.98 Å². The van der Waals surface area contributed by atoms with Crippen LogP contribution in [0.3, 0.4) is 0 Å². The lowest BCUT2D eigenvalue weighted by atomic mass is 9.99. The number of hydrogen-bond donors (Lipinski definition) is 0. The summed E-state index contributed by atoms with van der Waals surface area (Å²) in [5.74, 6) is 0.979. The topological polar surface area (TPSA) is 34.9 Å². The van der Waals surface area contributed by atoms with Crippen LogP contribution in [0.2, 0.25) is 0 Å². The van der Waals surface area contributed by atoms with Gasteiger partial charge in [-0.2, -0.15) is 0 Å². The number of aromatic nitrogens is 2. The molecule has 1 heterocycles. The van der Waals surface area contributed by atoms with Crippen LogP contribution in [0.5, 0.6) is 0 Å². The first-order chi connectivity index (χ1) is 6.18. The van der Waals surface area contributed by atoms with Gasteiger partial charge in [0.25, 0.3) is 0 Å². The van der Waals surface area contributed by atoms with E-state index in [9.17, 15) is 4.79 Å². The number of Topliss-reactive ketones (excluding diaryl/α,β-unsaturated/α-hetero) is 1. The van der Waals surface area contributed by atoms with Crippen molar-refractivity contribution in [1.29, 1.82) is 0 Å². The summed E-state index contributed by atoms with van der Waals surface area (Å²) < 4.78 is 1.81. The van der Waals surface area contributed by atoms with Crippen molar-refractivity contribution in [3.63, 3.8) is 0 Å². The molecule has 0 aromatic carbocycles. The third-order valence-electron chi connectivity index (χ3n) is 2.70. The minimum Gasteiger partial charge on any atom is -0.340 e. The summed E-state index contributed by atoms with van der Waals surface area (Å²) in [5.41, 5.74) is 0.613. The summed E-state index contributed by atoms with van der Waals surface area (Å²) >= 11 is 0. The zero-order chi connectivity index (χ0) is 9.42. The first-order valence-corrected chi connectivity index (χ1v) is 4.70. The number of hydrogen-bond acceptors (Lipinski definition) is 2. The zero-order valence-corrected chi connectivity index (χ0v) is 8.03. The Morgan fingerprint density at radius 1 is 1.69 bits per heavy atom. The number of carbonyl (C=O) groups excluding carboxylic acids is 1. The fraction of sp³-hybridized carbons (Fsp3) is 0.600. The van der Waals surface area contributed by atoms with Gasteiger partial charge in [0.05, 0.1) is 6.33 Å². The van der Waals surface area contributed by atoms with Crippen LogP contribution >= 0.6 is 0 Å². The highest BCUT2D eigenvalue weighted by atomic mass is 16.1. The van der Waals surface area contributed by atoms with Gasteiger partial charge in [0.2, 0.25) is 0 Å². The first kappa shape index (κ1) is 8.48. The Balaban J connectivity index is 2.11. The Labute approximate surface area is 77.8 Å². The monoisotopic (exact) mass is 178 g/mol. The Kier molecular flexibility index (Phi) is 1.94. The largest absolute Gasteiger partial charge is 0.340 e. The van der Waals surface area contributed by atoms with Crippen molar-refractivity contribution in [3.05, 3.63) is 18.2 Å². The maximum absolute atomic E-state index is 11.8. The molecule has 1 aromatic rings. The standard InChI is InChI=1S/C10H14N2O/c1-7(8-3-4-8)10(13)9-5-12(2)6-11-9/h5-8H,3-4H2,1-2H3. The molecule has 3 heteroatoms. The summed E-state index contributed by atoms with van der Waals surface area (Å²) in [6.45, 7) is 2.01. The lowest BCUT2D eigenvalue weighted by molar-refractivity contribution is 0.0911. The van der Waals surface area contributed by atoms with Crippen LogP contribution in [0, 0.1) is 11.8 Å². The first-order valence-electron chi connectivity index (χ1n) is 4.70. The lowest BCUT2D eigenvalue weighted by Gasteiger charge is -2.04. The molecule has 0 radical (unpaired) electrons. The smallest absolute Gasteiger partial charge is 0.185 e. The van der Waals surface area contributed by atoms with Crippen molar-refractivity contribution in [1.82, 2.24) is 9.55 Å². The van der Waals surface area contributed by atoms with Crippen molar-refractivity contribution >= 4 is 5.78 Å². The molecular formula is C10H14N2O. The van der Waals surface area contributed by atoms with Gasteiger partial charge >= 0.3 is 0 Å². The molecular weight excluding hydrogens is 164 g/mol. The Bertz CT molecular complexity index is 325. The number of rotatable bonds is 3. The van der Waals surface area contributed by atoms with E-state index in [2.05, 4.69) is 4.98 Å². The van der Waals surface area contributed by atoms with Gasteiger partial charge in [0.1, 0.15) is 5.69 Å². The highest BCUT2D eigenvalue weighted by Gasteiger charge is 2.33. The minimum atomic E-state index is 0.162. The van der Waals surface area contributed by atoms with E-state index >= 15 is 0 Å². The van der Waals surface area contributed by atoms with E-state index in [-0.39, 0.29) is 11.7 Å². The van der Waals surface area contributed by atoms with E-state index in [0.29, 0.717) is 11.6 Å². The zero-order valence-electron chi connectivity index (χ0n) is 8.03. The number of aryl methyl sites for hydroxylation is 1. The third-order valence-corrected chi connectivity index (χ3v) is 2.70. The van der Waals surface area contributed by atoms with E-state index in [1.165, 1.54) is 12.8 Å². The maximum atomic E-state index is 11.8. The van der Waals surface area contributed by atoms with Crippen molar-refractivity contribution < 1.29 is 4.79 Å². The predicted octanol–water partition coefficient (Wildman–Crippen LogP) is 1.65. The molecule has 13 heavy (non-hydrogen) atoms. The van der Waals surface area contributed by atoms with Gasteiger partial charge < -0.3 is 4.57 Å². The van der Waals surface area contributed by atoms with Gasteiger partial charge in [0, 0.05) is 19.2 Å². The van der Waals surface area contributed by atoms with Crippen molar-refractivity contribution in [2.75, 3.05) is 0 Å². The normalized spacial score (nSPS) is 18.6. The summed E-state index contributed by atoms with van der Waals surface area (Å²) in [6, 6.07) is 0. The van der Waals surface area contributed by atoms with Crippen molar-refractivity contribution in [3.8, 4) is 0 Å². The molecule has 1 unspecified atom stereocenters. The highest BCUT2D eigenvalue weighted by Crippen LogP contribution is 2.37. The van der Waals surface area contributed by atoms with Crippen molar-refractivity contribution in [2.24, 2.45) is 18.9 Å². The molecule has 0 saturated heterocycles. The molecule has 0 spiro atoms. The van der Waals surface area contributed by atoms with E-state index in [4.69, 9.17) is 0 Å². The molecule has 2 rings (SSSR count). The van der Waals surface area contributed by atoms with Crippen LogP contribution in [-0.2, 0) is 7.05 Å². The fourth-order valence-corrected chi connectivity index (χ4v) is 1.58. The van der Waals surface area contributed by atoms with Crippen LogP contribution in [0.25, 0.3) is 0 Å².